The fraction of sp³-hybridized carbons (Fsp3) is 0.400. The number of nitrogens with one attached hydrogen (secondary N) is 1. The van der Waals surface area contributed by atoms with Crippen molar-refractivity contribution in [1.29, 1.82) is 0 Å². The van der Waals surface area contributed by atoms with Gasteiger partial charge in [0.1, 0.15) is 17.2 Å². The molecule has 4 nitrogen and oxygen atoms in total. The van der Waals surface area contributed by atoms with Crippen LogP contribution in [0.4, 0.5) is 0 Å². The average molecular weight is 329 g/mol. The van der Waals surface area contributed by atoms with Crippen LogP contribution in [0.2, 0.25) is 0 Å². The molecule has 0 saturated carbocycles. The van der Waals surface area contributed by atoms with Gasteiger partial charge in [-0.25, -0.2) is 0 Å². The first-order chi connectivity index (χ1) is 11.5. The lowest BCUT2D eigenvalue weighted by atomic mass is 10.0. The van der Waals surface area contributed by atoms with Crippen molar-refractivity contribution in [3.63, 3.8) is 0 Å². The van der Waals surface area contributed by atoms with Gasteiger partial charge in [0.25, 0.3) is 0 Å². The zero-order chi connectivity index (χ0) is 17.5. The third-order valence-corrected chi connectivity index (χ3v) is 4.24. The van der Waals surface area contributed by atoms with Gasteiger partial charge in [-0.2, -0.15) is 0 Å². The maximum absolute atomic E-state index is 9.33. The van der Waals surface area contributed by atoms with Gasteiger partial charge in [-0.3, -0.25) is 0 Å². The molecular formula is C20H27NO3. The number of rotatable bonds is 8. The molecule has 0 saturated heterocycles. The molecule has 2 atom stereocenters. The minimum atomic E-state index is 0.181. The number of phenols is 1. The standard InChI is InChI=1S/C20H27NO3/c1-14(5-6-16-7-9-17(22)10-8-16)21-15(2)19-12-11-18(23-3)13-20(19)24-4/h7-15,21-22H,5-6H2,1-4H3. The highest BCUT2D eigenvalue weighted by atomic mass is 16.5. The van der Waals surface area contributed by atoms with E-state index in [-0.39, 0.29) is 6.04 Å². The highest BCUT2D eigenvalue weighted by molar-refractivity contribution is 5.42. The van der Waals surface area contributed by atoms with E-state index < -0.39 is 0 Å². The molecule has 0 amide bonds. The van der Waals surface area contributed by atoms with Crippen molar-refractivity contribution >= 4 is 0 Å². The Hall–Kier alpha value is -2.20. The molecule has 0 aliphatic carbocycles. The zero-order valence-corrected chi connectivity index (χ0v) is 14.9. The van der Waals surface area contributed by atoms with E-state index in [1.165, 1.54) is 5.56 Å². The summed E-state index contributed by atoms with van der Waals surface area (Å²) >= 11 is 0. The molecule has 130 valence electrons. The molecule has 0 aliphatic heterocycles. The van der Waals surface area contributed by atoms with E-state index in [9.17, 15) is 5.11 Å². The lowest BCUT2D eigenvalue weighted by Gasteiger charge is -2.22. The predicted molar refractivity (Wildman–Crippen MR) is 97.0 cm³/mol. The third kappa shape index (κ3) is 4.90. The second-order valence-corrected chi connectivity index (χ2v) is 6.10. The van der Waals surface area contributed by atoms with Crippen molar-refractivity contribution in [1.82, 2.24) is 5.32 Å². The van der Waals surface area contributed by atoms with Crippen LogP contribution >= 0.6 is 0 Å². The van der Waals surface area contributed by atoms with Gasteiger partial charge in [-0.15, -0.1) is 0 Å². The summed E-state index contributed by atoms with van der Waals surface area (Å²) in [6.07, 6.45) is 1.99. The summed E-state index contributed by atoms with van der Waals surface area (Å²) < 4.78 is 10.7. The topological polar surface area (TPSA) is 50.7 Å². The normalized spacial score (nSPS) is 13.3. The molecule has 0 bridgehead atoms. The molecule has 0 heterocycles. The minimum absolute atomic E-state index is 0.181. The van der Waals surface area contributed by atoms with E-state index in [0.717, 1.165) is 29.9 Å². The van der Waals surface area contributed by atoms with Crippen LogP contribution in [0.3, 0.4) is 0 Å². The van der Waals surface area contributed by atoms with Gasteiger partial charge >= 0.3 is 0 Å². The lowest BCUT2D eigenvalue weighted by molar-refractivity contribution is 0.380. The van der Waals surface area contributed by atoms with E-state index in [1.807, 2.05) is 30.3 Å². The van der Waals surface area contributed by atoms with E-state index in [2.05, 4.69) is 19.2 Å². The summed E-state index contributed by atoms with van der Waals surface area (Å²) in [5.74, 6) is 1.94. The number of aryl methyl sites for hydroxylation is 1. The maximum Gasteiger partial charge on any atom is 0.127 e. The minimum Gasteiger partial charge on any atom is -0.508 e. The molecule has 0 radical (unpaired) electrons. The SMILES string of the molecule is COc1ccc(C(C)NC(C)CCc2ccc(O)cc2)c(OC)c1. The first-order valence-corrected chi connectivity index (χ1v) is 8.29. The van der Waals surface area contributed by atoms with E-state index in [0.29, 0.717) is 11.8 Å². The molecule has 2 aromatic rings. The monoisotopic (exact) mass is 329 g/mol. The molecule has 0 aliphatic rings. The lowest BCUT2D eigenvalue weighted by Crippen LogP contribution is -2.29. The van der Waals surface area contributed by atoms with E-state index in [1.54, 1.807) is 26.4 Å². The van der Waals surface area contributed by atoms with Gasteiger partial charge in [0.15, 0.2) is 0 Å². The van der Waals surface area contributed by atoms with Crippen molar-refractivity contribution in [3.8, 4) is 17.2 Å². The number of hydrogen-bond acceptors (Lipinski definition) is 4. The molecule has 2 rings (SSSR count). The maximum atomic E-state index is 9.33. The molecule has 2 aromatic carbocycles. The van der Waals surface area contributed by atoms with Gasteiger partial charge < -0.3 is 19.9 Å². The van der Waals surface area contributed by atoms with Gasteiger partial charge in [0.2, 0.25) is 0 Å². The van der Waals surface area contributed by atoms with E-state index in [4.69, 9.17) is 9.47 Å². The van der Waals surface area contributed by atoms with Crippen molar-refractivity contribution in [2.75, 3.05) is 14.2 Å². The van der Waals surface area contributed by atoms with Crippen LogP contribution in [0.15, 0.2) is 42.5 Å². The Labute approximate surface area is 144 Å². The number of hydrogen-bond donors (Lipinski definition) is 2. The Morgan fingerprint density at radius 1 is 1.00 bits per heavy atom. The fourth-order valence-electron chi connectivity index (χ4n) is 2.82. The highest BCUT2D eigenvalue weighted by Gasteiger charge is 2.14. The van der Waals surface area contributed by atoms with Crippen LogP contribution in [0, 0.1) is 0 Å². The smallest absolute Gasteiger partial charge is 0.127 e. The van der Waals surface area contributed by atoms with Gasteiger partial charge in [-0.05, 0) is 50.5 Å². The van der Waals surface area contributed by atoms with Gasteiger partial charge in [0, 0.05) is 23.7 Å². The molecule has 2 unspecified atom stereocenters. The molecule has 2 N–H and O–H groups in total. The van der Waals surface area contributed by atoms with Crippen LogP contribution in [0.1, 0.15) is 37.4 Å². The van der Waals surface area contributed by atoms with Crippen LogP contribution < -0.4 is 14.8 Å². The summed E-state index contributed by atoms with van der Waals surface area (Å²) in [4.78, 5) is 0. The number of benzene rings is 2. The Morgan fingerprint density at radius 3 is 2.33 bits per heavy atom. The summed E-state index contributed by atoms with van der Waals surface area (Å²) in [7, 11) is 3.33. The van der Waals surface area contributed by atoms with E-state index >= 15 is 0 Å². The van der Waals surface area contributed by atoms with Crippen molar-refractivity contribution in [3.05, 3.63) is 53.6 Å². The average Bonchev–Trinajstić information content (AvgIpc) is 2.60. The molecule has 0 spiro atoms. The zero-order valence-electron chi connectivity index (χ0n) is 14.9. The largest absolute Gasteiger partial charge is 0.508 e. The summed E-state index contributed by atoms with van der Waals surface area (Å²) in [6.45, 7) is 4.33. The Balaban J connectivity index is 1.93. The van der Waals surface area contributed by atoms with Crippen LogP contribution in [-0.2, 0) is 6.42 Å². The molecule has 4 heteroatoms. The first kappa shape index (κ1) is 18.1. The Kier molecular flexibility index (Phi) is 6.50. The van der Waals surface area contributed by atoms with Crippen LogP contribution in [0.25, 0.3) is 0 Å². The number of aromatic hydroxyl groups is 1. The number of phenolic OH excluding ortho intramolecular Hbond substituents is 1. The van der Waals surface area contributed by atoms with Crippen molar-refractivity contribution in [2.24, 2.45) is 0 Å². The second-order valence-electron chi connectivity index (χ2n) is 6.10. The van der Waals surface area contributed by atoms with Gasteiger partial charge in [0.05, 0.1) is 14.2 Å². The fourth-order valence-corrected chi connectivity index (χ4v) is 2.82. The Bertz CT molecular complexity index is 640. The summed E-state index contributed by atoms with van der Waals surface area (Å²) in [5, 5.41) is 13.0. The third-order valence-electron chi connectivity index (χ3n) is 4.24. The predicted octanol–water partition coefficient (Wildman–Crippen LogP) is 4.08. The number of methoxy groups -OCH3 is 2. The van der Waals surface area contributed by atoms with Crippen LogP contribution in [-0.4, -0.2) is 25.4 Å². The van der Waals surface area contributed by atoms with Crippen molar-refractivity contribution in [2.45, 2.75) is 38.8 Å². The molecule has 0 fully saturated rings. The highest BCUT2D eigenvalue weighted by Crippen LogP contribution is 2.29. The van der Waals surface area contributed by atoms with Crippen molar-refractivity contribution < 1.29 is 14.6 Å². The molecule has 0 aromatic heterocycles. The molecule has 24 heavy (non-hydrogen) atoms. The summed E-state index contributed by atoms with van der Waals surface area (Å²) in [6, 6.07) is 13.9. The Morgan fingerprint density at radius 2 is 1.71 bits per heavy atom. The molecular weight excluding hydrogens is 302 g/mol. The van der Waals surface area contributed by atoms with Gasteiger partial charge in [-0.1, -0.05) is 18.2 Å². The van der Waals surface area contributed by atoms with Crippen LogP contribution in [0.5, 0.6) is 17.2 Å². The quantitative estimate of drug-likeness (QED) is 0.766. The number of ether oxygens (including phenoxy) is 2. The summed E-state index contributed by atoms with van der Waals surface area (Å²) in [5.41, 5.74) is 2.35. The second kappa shape index (κ2) is 8.60. The first-order valence-electron chi connectivity index (χ1n) is 8.29.